The second kappa shape index (κ2) is 23.4. The summed E-state index contributed by atoms with van der Waals surface area (Å²) in [5.74, 6) is -1.31. The fourth-order valence-electron chi connectivity index (χ4n) is 8.20. The van der Waals surface area contributed by atoms with Crippen LogP contribution in [-0.2, 0) is 30.1 Å². The van der Waals surface area contributed by atoms with E-state index in [-0.39, 0.29) is 89.2 Å². The maximum atomic E-state index is 12.8. The zero-order valence-electron chi connectivity index (χ0n) is 41.5. The van der Waals surface area contributed by atoms with Crippen LogP contribution in [0.4, 0.5) is 29.1 Å². The Kier molecular flexibility index (Phi) is 18.0. The number of hydrogen-bond donors (Lipinski definition) is 6. The molecule has 33 heteroatoms. The molecule has 2 aliphatic rings. The lowest BCUT2D eigenvalue weighted by Crippen LogP contribution is -2.41. The molecule has 3 amide bonds. The van der Waals surface area contributed by atoms with Gasteiger partial charge in [-0.1, -0.05) is 78.5 Å². The molecule has 2 fully saturated rings. The number of carbonyl (C=O) groups is 3. The summed E-state index contributed by atoms with van der Waals surface area (Å²) >= 11 is 23.4. The van der Waals surface area contributed by atoms with E-state index in [0.717, 1.165) is 25.6 Å². The van der Waals surface area contributed by atoms with Gasteiger partial charge in [-0.25, -0.2) is 59.0 Å². The summed E-state index contributed by atoms with van der Waals surface area (Å²) in [5.41, 5.74) is 15.2. The van der Waals surface area contributed by atoms with Gasteiger partial charge in [0.25, 0.3) is 47.8 Å². The predicted molar refractivity (Wildman–Crippen MR) is 297 cm³/mol. The molecule has 6 aromatic rings. The molecule has 77 heavy (non-hydrogen) atoms. The van der Waals surface area contributed by atoms with Crippen LogP contribution in [0.2, 0.25) is 20.6 Å². The number of anilines is 5. The van der Waals surface area contributed by atoms with Crippen molar-refractivity contribution in [3.8, 4) is 0 Å². The number of nitrogens with one attached hydrogen (secondary N) is 3. The van der Waals surface area contributed by atoms with E-state index in [0.29, 0.717) is 24.2 Å². The van der Waals surface area contributed by atoms with Crippen molar-refractivity contribution in [1.29, 1.82) is 0 Å². The van der Waals surface area contributed by atoms with Gasteiger partial charge in [-0.15, -0.1) is 0 Å². The number of rotatable bonds is 11. The molecule has 2 saturated heterocycles. The van der Waals surface area contributed by atoms with Gasteiger partial charge in [0.05, 0.1) is 18.6 Å². The average molecular weight is 1210 g/mol. The highest BCUT2D eigenvalue weighted by Gasteiger charge is 2.41. The van der Waals surface area contributed by atoms with E-state index in [2.05, 4.69) is 77.5 Å². The van der Waals surface area contributed by atoms with Crippen molar-refractivity contribution in [2.24, 2.45) is 11.8 Å². The van der Waals surface area contributed by atoms with Crippen LogP contribution in [0.5, 0.6) is 0 Å². The van der Waals surface area contributed by atoms with E-state index in [9.17, 15) is 39.6 Å². The number of aromatic nitrogens is 9. The first-order valence-corrected chi connectivity index (χ1v) is 28.4. The van der Waals surface area contributed by atoms with Gasteiger partial charge in [0.15, 0.2) is 48.3 Å². The van der Waals surface area contributed by atoms with E-state index in [1.165, 1.54) is 67.0 Å². The van der Waals surface area contributed by atoms with Crippen molar-refractivity contribution in [3.05, 3.63) is 111 Å². The minimum absolute atomic E-state index is 0. The largest absolute Gasteiger partial charge is 0.384 e. The van der Waals surface area contributed by atoms with Gasteiger partial charge in [-0.3, -0.25) is 14.4 Å². The Hall–Kier alpha value is -6.89. The van der Waals surface area contributed by atoms with Crippen molar-refractivity contribution in [3.63, 3.8) is 0 Å². The summed E-state index contributed by atoms with van der Waals surface area (Å²) in [6.45, 7) is 13.9. The molecule has 0 spiro atoms. The number of pyridine rings is 3. The van der Waals surface area contributed by atoms with Crippen LogP contribution in [-0.4, -0.2) is 112 Å². The third-order valence-electron chi connectivity index (χ3n) is 11.2. The predicted octanol–water partition coefficient (Wildman–Crippen LogP) is 5.81. The first-order valence-electron chi connectivity index (χ1n) is 22.5. The Bertz CT molecular complexity index is 3630. The Morgan fingerprint density at radius 1 is 0.532 bits per heavy atom. The molecule has 8 heterocycles. The number of carbonyl (C=O) groups excluding carboxylic acids is 3. The maximum Gasteiger partial charge on any atom is 0.287 e. The fraction of sp³-hybridized carbons (Fsp3) is 0.318. The van der Waals surface area contributed by atoms with Gasteiger partial charge in [0.1, 0.15) is 33.6 Å². The quantitative estimate of drug-likeness (QED) is 0.0891. The molecule has 6 aromatic heterocycles. The smallest absolute Gasteiger partial charge is 0.287 e. The number of halogens is 4. The first-order chi connectivity index (χ1) is 35.8. The summed E-state index contributed by atoms with van der Waals surface area (Å²) in [5, 5.41) is -1.57. The zero-order chi connectivity index (χ0) is 57.0. The molecule has 2 aliphatic heterocycles. The number of nitrogens with zero attached hydrogens (tertiary/aromatic N) is 11. The highest BCUT2D eigenvalue weighted by Crippen LogP contribution is 2.38. The number of nitrogens with two attached hydrogens (primary N) is 3. The summed E-state index contributed by atoms with van der Waals surface area (Å²) in [7, 11) is -12.7. The number of hydrogen-bond acceptors (Lipinski definition) is 23. The van der Waals surface area contributed by atoms with Crippen LogP contribution in [0.15, 0.2) is 88.3 Å². The first kappa shape index (κ1) is 59.4. The van der Waals surface area contributed by atoms with Crippen LogP contribution in [0.25, 0.3) is 0 Å². The van der Waals surface area contributed by atoms with Gasteiger partial charge in [0.2, 0.25) is 0 Å². The lowest BCUT2D eigenvalue weighted by atomic mass is 9.97. The van der Waals surface area contributed by atoms with Crippen LogP contribution < -0.4 is 41.2 Å². The third-order valence-corrected chi connectivity index (χ3v) is 15.8. The molecule has 420 valence electrons. The van der Waals surface area contributed by atoms with Crippen LogP contribution in [0.1, 0.15) is 93.0 Å². The van der Waals surface area contributed by atoms with Crippen LogP contribution in [0, 0.1) is 11.8 Å². The van der Waals surface area contributed by atoms with Gasteiger partial charge in [-0.2, -0.15) is 25.3 Å². The molecule has 8 rings (SSSR count). The molecule has 0 saturated carbocycles. The summed E-state index contributed by atoms with van der Waals surface area (Å²) in [6.07, 6.45) is 5.56. The van der Waals surface area contributed by atoms with Crippen molar-refractivity contribution < 1.29 is 46.8 Å². The van der Waals surface area contributed by atoms with Crippen molar-refractivity contribution in [2.45, 2.75) is 80.5 Å². The third kappa shape index (κ3) is 14.8. The second-order valence-electron chi connectivity index (χ2n) is 18.5. The molecule has 26 nitrogen and oxygen atoms in total. The van der Waals surface area contributed by atoms with Crippen molar-refractivity contribution in [1.82, 2.24) is 59.0 Å². The molecule has 0 aliphatic carbocycles. The molecule has 0 bridgehead atoms. The molecular formula is C44H59Cl4N17O9S3. The molecular weight excluding hydrogens is 1150 g/mol. The van der Waals surface area contributed by atoms with Crippen LogP contribution >= 0.6 is 46.4 Å². The monoisotopic (exact) mass is 1210 g/mol. The van der Waals surface area contributed by atoms with E-state index in [1.54, 1.807) is 4.72 Å². The van der Waals surface area contributed by atoms with Crippen molar-refractivity contribution in [2.75, 3.05) is 40.1 Å². The molecule has 0 unspecified atom stereocenters. The summed E-state index contributed by atoms with van der Waals surface area (Å²) in [4.78, 5) is 76.0. The van der Waals surface area contributed by atoms with E-state index < -0.39 is 52.8 Å². The highest BCUT2D eigenvalue weighted by molar-refractivity contribution is 7.90. The van der Waals surface area contributed by atoms with E-state index >= 15 is 0 Å². The molecule has 9 N–H and O–H groups in total. The average Bonchev–Trinajstić information content (AvgIpc) is 3.77. The van der Waals surface area contributed by atoms with Gasteiger partial charge < -0.3 is 27.0 Å². The topological polar surface area (TPSA) is 390 Å². The van der Waals surface area contributed by atoms with E-state index in [4.69, 9.17) is 63.6 Å². The Balaban J connectivity index is 0.000000603. The number of amides is 3. The molecule has 0 radical (unpaired) electrons. The number of sulfonamides is 3. The summed E-state index contributed by atoms with van der Waals surface area (Å²) in [6, 6.07) is 12.2. The second-order valence-corrected chi connectivity index (χ2v) is 24.9. The highest BCUT2D eigenvalue weighted by atomic mass is 35.5. The fourth-order valence-corrected chi connectivity index (χ4v) is 11.7. The van der Waals surface area contributed by atoms with Gasteiger partial charge in [-0.05, 0) is 88.8 Å². The zero-order valence-corrected chi connectivity index (χ0v) is 46.9. The SMILES string of the molecule is C[C@@H]1CN(c2cnc(C(=O)NS(=O)(=O)c3cccc(N)n3)c(Cl)n2)C(C)(C)C1.C[C@@H]1CN(c2nc(Cl)cnc2C(=O)NS(=O)(=O)c2cccc(N)n2)C(C)(C)C1.Nc1cccc(S(=O)(=O)NC(=O)c2ncc(Cl)nc2Cl)n1.[HH].[HH].[HH].[HH].[HH]. The Labute approximate surface area is 469 Å². The minimum atomic E-state index is -4.23. The Morgan fingerprint density at radius 3 is 1.25 bits per heavy atom. The van der Waals surface area contributed by atoms with Gasteiger partial charge in [0, 0.05) is 31.3 Å². The van der Waals surface area contributed by atoms with E-state index in [1.807, 2.05) is 28.2 Å². The molecule has 2 atom stereocenters. The minimum Gasteiger partial charge on any atom is -0.384 e. The summed E-state index contributed by atoms with van der Waals surface area (Å²) < 4.78 is 79.3. The van der Waals surface area contributed by atoms with Crippen molar-refractivity contribution >= 4 is 123 Å². The van der Waals surface area contributed by atoms with Gasteiger partial charge >= 0.3 is 0 Å². The number of nitrogen functional groups attached to an aromatic ring is 3. The lowest BCUT2D eigenvalue weighted by molar-refractivity contribution is 0.0967. The standard InChI is InChI=1S/2C17H21ClN6O3S.C10H7Cl2N5O3S.5H2/c1-10-7-17(2,3)24(9-10)15-14(20-8-11(18)21-15)16(25)23-28(26,27)13-6-4-5-12(19)22-13;1-10-7-17(2,3)24(9-10)12-8-20-14(15(18)22-12)16(25)23-28(26,27)13-6-4-5-11(19)21-13;11-5-4-14-8(9(12)15-5)10(18)17-21(19,20)7-3-1-2-6(13)16-7;;;;;/h4-6,8,10H,7,9H2,1-3H3,(H2,19,22)(H,23,25);4-6,8,10H,7,9H2,1-3H3,(H2,19,21)(H,23,25);1-4H,(H2,13,16)(H,17,18);5*1H/t2*10-;;;;;;/m00....../s1. The van der Waals surface area contributed by atoms with Crippen LogP contribution in [0.3, 0.4) is 0 Å². The Morgan fingerprint density at radius 2 is 0.883 bits per heavy atom. The lowest BCUT2D eigenvalue weighted by Gasteiger charge is -2.33. The molecule has 0 aromatic carbocycles. The normalized spacial score (nSPS) is 16.8. The maximum absolute atomic E-state index is 12.8.